The number of sulfonamides is 1. The van der Waals surface area contributed by atoms with E-state index in [0.29, 0.717) is 16.6 Å². The van der Waals surface area contributed by atoms with E-state index in [1.165, 1.54) is 30.6 Å². The average molecular weight is 417 g/mol. The molecule has 142 valence electrons. The summed E-state index contributed by atoms with van der Waals surface area (Å²) in [5, 5.41) is 2.75. The second kappa shape index (κ2) is 8.85. The van der Waals surface area contributed by atoms with Crippen LogP contribution in [0.4, 0.5) is 0 Å². The van der Waals surface area contributed by atoms with E-state index in [0.717, 1.165) is 4.88 Å². The zero-order chi connectivity index (χ0) is 19.3. The van der Waals surface area contributed by atoms with E-state index < -0.39 is 16.1 Å². The molecule has 0 unspecified atom stereocenters. The lowest BCUT2D eigenvalue weighted by molar-refractivity contribution is -0.123. The van der Waals surface area contributed by atoms with Crippen molar-refractivity contribution in [3.8, 4) is 5.75 Å². The summed E-state index contributed by atoms with van der Waals surface area (Å²) >= 11 is 7.23. The molecule has 1 aromatic heterocycles. The summed E-state index contributed by atoms with van der Waals surface area (Å²) in [6.45, 7) is 3.86. The number of carbonyl (C=O) groups excluding carboxylic acids is 1. The van der Waals surface area contributed by atoms with Gasteiger partial charge >= 0.3 is 0 Å². The van der Waals surface area contributed by atoms with Gasteiger partial charge in [-0.1, -0.05) is 25.4 Å². The summed E-state index contributed by atoms with van der Waals surface area (Å²) in [7, 11) is -2.34. The highest BCUT2D eigenvalue weighted by atomic mass is 35.5. The summed E-state index contributed by atoms with van der Waals surface area (Å²) in [6, 6.07) is 8.66. The van der Waals surface area contributed by atoms with Crippen LogP contribution >= 0.6 is 22.9 Å². The second-order valence-electron chi connectivity index (χ2n) is 5.94. The molecule has 0 bridgehead atoms. The number of halogens is 1. The lowest BCUT2D eigenvalue weighted by Crippen LogP contribution is -2.49. The first-order valence-corrected chi connectivity index (χ1v) is 10.6. The maximum atomic E-state index is 12.6. The standard InChI is InChI=1S/C17H21ClN2O4S2/c1-11(2)16(17(21)19-10-13-6-9-15(18)25-13)20-26(22,23)14-7-4-12(24-3)5-8-14/h4-9,11,16,20H,10H2,1-3H3,(H,19,21)/t16-/m0/s1. The predicted octanol–water partition coefficient (Wildman–Crippen LogP) is 3.03. The summed E-state index contributed by atoms with van der Waals surface area (Å²) in [4.78, 5) is 13.5. The Bertz CT molecular complexity index is 848. The molecule has 0 saturated heterocycles. The van der Waals surface area contributed by atoms with Crippen LogP contribution in [0.25, 0.3) is 0 Å². The Morgan fingerprint density at radius 3 is 2.35 bits per heavy atom. The van der Waals surface area contributed by atoms with Crippen molar-refractivity contribution in [1.82, 2.24) is 10.0 Å². The normalized spacial score (nSPS) is 12.8. The van der Waals surface area contributed by atoms with Gasteiger partial charge in [-0.25, -0.2) is 8.42 Å². The SMILES string of the molecule is COc1ccc(S(=O)(=O)N[C@H](C(=O)NCc2ccc(Cl)s2)C(C)C)cc1. The minimum atomic E-state index is -3.84. The number of ether oxygens (including phenoxy) is 1. The Balaban J connectivity index is 2.08. The number of benzene rings is 1. The number of rotatable bonds is 8. The average Bonchev–Trinajstić information content (AvgIpc) is 3.03. The van der Waals surface area contributed by atoms with E-state index in [1.54, 1.807) is 32.0 Å². The number of nitrogens with one attached hydrogen (secondary N) is 2. The molecule has 1 amide bonds. The Kier molecular flexibility index (Phi) is 7.05. The first-order chi connectivity index (χ1) is 12.2. The minimum absolute atomic E-state index is 0.0711. The number of carbonyl (C=O) groups is 1. The van der Waals surface area contributed by atoms with Gasteiger partial charge in [0.25, 0.3) is 0 Å². The highest BCUT2D eigenvalue weighted by Gasteiger charge is 2.28. The quantitative estimate of drug-likeness (QED) is 0.692. The predicted molar refractivity (Wildman–Crippen MR) is 103 cm³/mol. The Morgan fingerprint density at radius 1 is 1.19 bits per heavy atom. The van der Waals surface area contributed by atoms with Crippen LogP contribution in [0.3, 0.4) is 0 Å². The highest BCUT2D eigenvalue weighted by molar-refractivity contribution is 7.89. The van der Waals surface area contributed by atoms with E-state index >= 15 is 0 Å². The fourth-order valence-corrected chi connectivity index (χ4v) is 4.58. The van der Waals surface area contributed by atoms with Crippen molar-refractivity contribution in [2.24, 2.45) is 5.92 Å². The molecule has 1 heterocycles. The van der Waals surface area contributed by atoms with Crippen LogP contribution in [0, 0.1) is 5.92 Å². The number of hydrogen-bond donors (Lipinski definition) is 2. The lowest BCUT2D eigenvalue weighted by atomic mass is 10.1. The minimum Gasteiger partial charge on any atom is -0.497 e. The van der Waals surface area contributed by atoms with E-state index in [4.69, 9.17) is 16.3 Å². The fraction of sp³-hybridized carbons (Fsp3) is 0.353. The third-order valence-corrected chi connectivity index (χ3v) is 6.35. The van der Waals surface area contributed by atoms with Gasteiger partial charge in [-0.15, -0.1) is 11.3 Å². The van der Waals surface area contributed by atoms with Gasteiger partial charge in [0.2, 0.25) is 15.9 Å². The maximum absolute atomic E-state index is 12.6. The van der Waals surface area contributed by atoms with Crippen molar-refractivity contribution in [3.63, 3.8) is 0 Å². The molecular weight excluding hydrogens is 396 g/mol. The van der Waals surface area contributed by atoms with Crippen LogP contribution < -0.4 is 14.8 Å². The molecule has 26 heavy (non-hydrogen) atoms. The van der Waals surface area contributed by atoms with Gasteiger partial charge in [-0.05, 0) is 42.3 Å². The van der Waals surface area contributed by atoms with Crippen molar-refractivity contribution in [1.29, 1.82) is 0 Å². The van der Waals surface area contributed by atoms with Crippen molar-refractivity contribution >= 4 is 38.9 Å². The van der Waals surface area contributed by atoms with Gasteiger partial charge in [0.1, 0.15) is 11.8 Å². The van der Waals surface area contributed by atoms with Gasteiger partial charge in [-0.2, -0.15) is 4.72 Å². The molecule has 0 radical (unpaired) electrons. The first-order valence-electron chi connectivity index (χ1n) is 7.91. The van der Waals surface area contributed by atoms with Crippen molar-refractivity contribution in [2.45, 2.75) is 31.3 Å². The molecular formula is C17H21ClN2O4S2. The van der Waals surface area contributed by atoms with Crippen LogP contribution in [0.5, 0.6) is 5.75 Å². The summed E-state index contributed by atoms with van der Waals surface area (Å²) in [5.74, 6) is -0.0618. The molecule has 0 fully saturated rings. The van der Waals surface area contributed by atoms with Gasteiger partial charge in [0.05, 0.1) is 22.9 Å². The highest BCUT2D eigenvalue weighted by Crippen LogP contribution is 2.21. The van der Waals surface area contributed by atoms with Crippen LogP contribution in [0.2, 0.25) is 4.34 Å². The van der Waals surface area contributed by atoms with Gasteiger partial charge in [0, 0.05) is 4.88 Å². The fourth-order valence-electron chi connectivity index (χ4n) is 2.21. The van der Waals surface area contributed by atoms with Gasteiger partial charge in [0.15, 0.2) is 0 Å². The van der Waals surface area contributed by atoms with E-state index in [2.05, 4.69) is 10.0 Å². The number of methoxy groups -OCH3 is 1. The zero-order valence-electron chi connectivity index (χ0n) is 14.7. The van der Waals surface area contributed by atoms with Crippen LogP contribution in [-0.4, -0.2) is 27.5 Å². The van der Waals surface area contributed by atoms with Crippen LogP contribution in [-0.2, 0) is 21.4 Å². The summed E-state index contributed by atoms with van der Waals surface area (Å²) in [5.41, 5.74) is 0. The number of amides is 1. The molecule has 2 N–H and O–H groups in total. The van der Waals surface area contributed by atoms with Gasteiger partial charge in [-0.3, -0.25) is 4.79 Å². The van der Waals surface area contributed by atoms with Crippen LogP contribution in [0.15, 0.2) is 41.3 Å². The molecule has 0 aliphatic rings. The first kappa shape index (κ1) is 20.7. The summed E-state index contributed by atoms with van der Waals surface area (Å²) in [6.07, 6.45) is 0. The Labute approximate surface area is 162 Å². The van der Waals surface area contributed by atoms with Crippen molar-refractivity contribution in [2.75, 3.05) is 7.11 Å². The lowest BCUT2D eigenvalue weighted by Gasteiger charge is -2.21. The molecule has 2 rings (SSSR count). The van der Waals surface area contributed by atoms with Crippen LogP contribution in [0.1, 0.15) is 18.7 Å². The summed E-state index contributed by atoms with van der Waals surface area (Å²) < 4.78 is 33.3. The molecule has 9 heteroatoms. The third-order valence-electron chi connectivity index (χ3n) is 3.67. The molecule has 2 aromatic rings. The zero-order valence-corrected chi connectivity index (χ0v) is 17.0. The van der Waals surface area contributed by atoms with E-state index in [-0.39, 0.29) is 16.7 Å². The maximum Gasteiger partial charge on any atom is 0.241 e. The molecule has 0 spiro atoms. The van der Waals surface area contributed by atoms with Gasteiger partial charge < -0.3 is 10.1 Å². The molecule has 0 saturated carbocycles. The van der Waals surface area contributed by atoms with E-state index in [9.17, 15) is 13.2 Å². The molecule has 1 aromatic carbocycles. The van der Waals surface area contributed by atoms with Crippen molar-refractivity contribution in [3.05, 3.63) is 45.6 Å². The Hall–Kier alpha value is -1.61. The molecule has 1 atom stereocenters. The number of hydrogen-bond acceptors (Lipinski definition) is 5. The smallest absolute Gasteiger partial charge is 0.241 e. The number of thiophene rings is 1. The molecule has 0 aliphatic heterocycles. The van der Waals surface area contributed by atoms with Crippen molar-refractivity contribution < 1.29 is 17.9 Å². The third kappa shape index (κ3) is 5.44. The topological polar surface area (TPSA) is 84.5 Å². The van der Waals surface area contributed by atoms with E-state index in [1.807, 2.05) is 6.07 Å². The Morgan fingerprint density at radius 2 is 1.85 bits per heavy atom. The second-order valence-corrected chi connectivity index (χ2v) is 9.46. The molecule has 0 aliphatic carbocycles. The monoisotopic (exact) mass is 416 g/mol. The largest absolute Gasteiger partial charge is 0.497 e. The molecule has 6 nitrogen and oxygen atoms in total.